The van der Waals surface area contributed by atoms with Crippen molar-refractivity contribution in [2.24, 2.45) is 0 Å². The molecule has 1 aliphatic heterocycles. The van der Waals surface area contributed by atoms with Gasteiger partial charge in [0, 0.05) is 18.3 Å². The zero-order valence-corrected chi connectivity index (χ0v) is 15.3. The maximum Gasteiger partial charge on any atom is 0.254 e. The van der Waals surface area contributed by atoms with Crippen molar-refractivity contribution < 1.29 is 9.59 Å². The van der Waals surface area contributed by atoms with E-state index in [0.29, 0.717) is 11.6 Å². The maximum absolute atomic E-state index is 12.2. The SMILES string of the molecule is Cl.O=C(Cn1cc(C(=O)NC2CCNCC2)cn1)NC1CCCCC1. The number of nitrogens with zero attached hydrogens (tertiary/aromatic N) is 2. The van der Waals surface area contributed by atoms with Gasteiger partial charge in [-0.25, -0.2) is 0 Å². The molecule has 1 aromatic heterocycles. The summed E-state index contributed by atoms with van der Waals surface area (Å²) in [7, 11) is 0. The van der Waals surface area contributed by atoms with Crippen molar-refractivity contribution in [2.75, 3.05) is 13.1 Å². The first kappa shape index (κ1) is 19.7. The topological polar surface area (TPSA) is 88.1 Å². The third-order valence-electron chi connectivity index (χ3n) is 4.85. The molecule has 3 N–H and O–H groups in total. The van der Waals surface area contributed by atoms with Gasteiger partial charge in [-0.1, -0.05) is 19.3 Å². The fraction of sp³-hybridized carbons (Fsp3) is 0.706. The molecule has 25 heavy (non-hydrogen) atoms. The Morgan fingerprint density at radius 3 is 2.48 bits per heavy atom. The van der Waals surface area contributed by atoms with E-state index in [-0.39, 0.29) is 36.8 Å². The van der Waals surface area contributed by atoms with Gasteiger partial charge in [-0.05, 0) is 38.8 Å². The van der Waals surface area contributed by atoms with Crippen molar-refractivity contribution in [1.82, 2.24) is 25.7 Å². The smallest absolute Gasteiger partial charge is 0.254 e. The van der Waals surface area contributed by atoms with E-state index in [2.05, 4.69) is 21.0 Å². The Labute approximate surface area is 154 Å². The third kappa shape index (κ3) is 6.01. The predicted molar refractivity (Wildman–Crippen MR) is 97.8 cm³/mol. The fourth-order valence-corrected chi connectivity index (χ4v) is 3.47. The van der Waals surface area contributed by atoms with E-state index in [9.17, 15) is 9.59 Å². The van der Waals surface area contributed by atoms with Crippen LogP contribution < -0.4 is 16.0 Å². The van der Waals surface area contributed by atoms with Gasteiger partial charge in [-0.15, -0.1) is 12.4 Å². The number of rotatable bonds is 5. The molecule has 0 atom stereocenters. The standard InChI is InChI=1S/C17H27N5O2.ClH/c23-16(20-14-4-2-1-3-5-14)12-22-11-13(10-19-22)17(24)21-15-6-8-18-9-7-15;/h10-11,14-15,18H,1-9,12H2,(H,20,23)(H,21,24);1H. The number of piperidine rings is 1. The molecule has 1 aliphatic carbocycles. The second kappa shape index (κ2) is 9.77. The van der Waals surface area contributed by atoms with Crippen LogP contribution in [-0.4, -0.2) is 46.8 Å². The van der Waals surface area contributed by atoms with Crippen molar-refractivity contribution in [3.63, 3.8) is 0 Å². The molecule has 0 unspecified atom stereocenters. The molecule has 2 heterocycles. The molecular formula is C17H28ClN5O2. The Balaban J connectivity index is 0.00000225. The van der Waals surface area contributed by atoms with Gasteiger partial charge in [0.1, 0.15) is 6.54 Å². The average Bonchev–Trinajstić information content (AvgIpc) is 3.05. The summed E-state index contributed by atoms with van der Waals surface area (Å²) in [5, 5.41) is 13.5. The van der Waals surface area contributed by atoms with Gasteiger partial charge in [-0.2, -0.15) is 5.10 Å². The molecule has 1 saturated heterocycles. The third-order valence-corrected chi connectivity index (χ3v) is 4.85. The highest BCUT2D eigenvalue weighted by Crippen LogP contribution is 2.17. The molecule has 2 amide bonds. The Hall–Kier alpha value is -1.60. The first-order chi connectivity index (χ1) is 11.7. The van der Waals surface area contributed by atoms with E-state index in [0.717, 1.165) is 38.8 Å². The second-order valence-corrected chi connectivity index (χ2v) is 6.83. The minimum atomic E-state index is -0.110. The van der Waals surface area contributed by atoms with E-state index in [1.54, 1.807) is 6.20 Å². The molecule has 140 valence electrons. The summed E-state index contributed by atoms with van der Waals surface area (Å²) < 4.78 is 1.54. The molecule has 0 aromatic carbocycles. The van der Waals surface area contributed by atoms with Crippen molar-refractivity contribution >= 4 is 24.2 Å². The Morgan fingerprint density at radius 2 is 1.76 bits per heavy atom. The van der Waals surface area contributed by atoms with Crippen molar-refractivity contribution in [1.29, 1.82) is 0 Å². The molecule has 1 saturated carbocycles. The summed E-state index contributed by atoms with van der Waals surface area (Å²) in [4.78, 5) is 24.3. The summed E-state index contributed by atoms with van der Waals surface area (Å²) in [6, 6.07) is 0.515. The number of carbonyl (C=O) groups is 2. The number of halogens is 1. The van der Waals surface area contributed by atoms with Crippen molar-refractivity contribution in [3.05, 3.63) is 18.0 Å². The zero-order valence-electron chi connectivity index (χ0n) is 14.5. The molecule has 0 spiro atoms. The lowest BCUT2D eigenvalue weighted by atomic mass is 9.95. The first-order valence-electron chi connectivity index (χ1n) is 9.04. The van der Waals surface area contributed by atoms with Crippen LogP contribution in [0.15, 0.2) is 12.4 Å². The van der Waals surface area contributed by atoms with Crippen LogP contribution in [-0.2, 0) is 11.3 Å². The van der Waals surface area contributed by atoms with E-state index in [1.807, 2.05) is 0 Å². The van der Waals surface area contributed by atoms with Gasteiger partial charge < -0.3 is 16.0 Å². The number of nitrogens with one attached hydrogen (secondary N) is 3. The number of carbonyl (C=O) groups excluding carboxylic acids is 2. The van der Waals surface area contributed by atoms with E-state index >= 15 is 0 Å². The minimum Gasteiger partial charge on any atom is -0.352 e. The number of hydrogen-bond acceptors (Lipinski definition) is 4. The summed E-state index contributed by atoms with van der Waals surface area (Å²) in [5.74, 6) is -0.142. The van der Waals surface area contributed by atoms with Gasteiger partial charge in [0.15, 0.2) is 0 Å². The molecule has 2 aliphatic rings. The summed E-state index contributed by atoms with van der Waals surface area (Å²) in [6.07, 6.45) is 10.8. The summed E-state index contributed by atoms with van der Waals surface area (Å²) >= 11 is 0. The number of hydrogen-bond donors (Lipinski definition) is 3. The molecule has 8 heteroatoms. The normalized spacial score (nSPS) is 19.0. The molecule has 0 radical (unpaired) electrons. The minimum absolute atomic E-state index is 0. The lowest BCUT2D eigenvalue weighted by molar-refractivity contribution is -0.122. The lowest BCUT2D eigenvalue weighted by Crippen LogP contribution is -2.42. The zero-order chi connectivity index (χ0) is 16.8. The van der Waals surface area contributed by atoms with Crippen LogP contribution in [0.25, 0.3) is 0 Å². The van der Waals surface area contributed by atoms with Crippen LogP contribution in [0.1, 0.15) is 55.3 Å². The Bertz CT molecular complexity index is 565. The van der Waals surface area contributed by atoms with Gasteiger partial charge in [0.25, 0.3) is 5.91 Å². The van der Waals surface area contributed by atoms with E-state index in [4.69, 9.17) is 0 Å². The highest BCUT2D eigenvalue weighted by molar-refractivity contribution is 5.94. The first-order valence-corrected chi connectivity index (χ1v) is 9.04. The molecule has 3 rings (SSSR count). The van der Waals surface area contributed by atoms with E-state index < -0.39 is 0 Å². The monoisotopic (exact) mass is 369 g/mol. The van der Waals surface area contributed by atoms with Gasteiger partial charge in [0.2, 0.25) is 5.91 Å². The van der Waals surface area contributed by atoms with Crippen molar-refractivity contribution in [3.8, 4) is 0 Å². The summed E-state index contributed by atoms with van der Waals surface area (Å²) in [6.45, 7) is 2.04. The van der Waals surface area contributed by atoms with Gasteiger partial charge in [0.05, 0.1) is 11.8 Å². The highest BCUT2D eigenvalue weighted by Gasteiger charge is 2.19. The second-order valence-electron chi connectivity index (χ2n) is 6.83. The largest absolute Gasteiger partial charge is 0.352 e. The quantitative estimate of drug-likeness (QED) is 0.728. The highest BCUT2D eigenvalue weighted by atomic mass is 35.5. The molecule has 0 bridgehead atoms. The van der Waals surface area contributed by atoms with Gasteiger partial charge >= 0.3 is 0 Å². The average molecular weight is 370 g/mol. The predicted octanol–water partition coefficient (Wildman–Crippen LogP) is 1.24. The molecular weight excluding hydrogens is 342 g/mol. The molecule has 2 fully saturated rings. The fourth-order valence-electron chi connectivity index (χ4n) is 3.47. The van der Waals surface area contributed by atoms with Gasteiger partial charge in [-0.3, -0.25) is 14.3 Å². The number of amides is 2. The van der Waals surface area contributed by atoms with Crippen molar-refractivity contribution in [2.45, 2.75) is 63.6 Å². The van der Waals surface area contributed by atoms with E-state index in [1.165, 1.54) is 30.1 Å². The Morgan fingerprint density at radius 1 is 1.08 bits per heavy atom. The van der Waals surface area contributed by atoms with Crippen LogP contribution in [0.3, 0.4) is 0 Å². The van der Waals surface area contributed by atoms with Crippen LogP contribution >= 0.6 is 12.4 Å². The lowest BCUT2D eigenvalue weighted by Gasteiger charge is -2.23. The Kier molecular flexibility index (Phi) is 7.71. The van der Waals surface area contributed by atoms with Crippen LogP contribution in [0.2, 0.25) is 0 Å². The van der Waals surface area contributed by atoms with Crippen LogP contribution in [0.5, 0.6) is 0 Å². The maximum atomic E-state index is 12.2. The van der Waals surface area contributed by atoms with Crippen LogP contribution in [0.4, 0.5) is 0 Å². The number of aromatic nitrogens is 2. The molecule has 7 nitrogen and oxygen atoms in total. The van der Waals surface area contributed by atoms with Crippen LogP contribution in [0, 0.1) is 0 Å². The summed E-state index contributed by atoms with van der Waals surface area (Å²) in [5.41, 5.74) is 0.513. The molecule has 1 aromatic rings.